The number of nitrogens with zero attached hydrogens (tertiary/aromatic N) is 1. The number of hydrogen-bond acceptors (Lipinski definition) is 3. The molecule has 0 bridgehead atoms. The molecule has 3 N–H and O–H groups in total. The van der Waals surface area contributed by atoms with Gasteiger partial charge in [0.1, 0.15) is 0 Å². The third-order valence-electron chi connectivity index (χ3n) is 6.69. The number of aromatic amines is 2. The Morgan fingerprint density at radius 2 is 1.84 bits per heavy atom. The number of carbonyl (C=O) groups is 2. The van der Waals surface area contributed by atoms with Crippen LogP contribution >= 0.6 is 0 Å². The van der Waals surface area contributed by atoms with E-state index in [1.54, 1.807) is 0 Å². The minimum atomic E-state index is -0.758. The summed E-state index contributed by atoms with van der Waals surface area (Å²) in [6.45, 7) is 0.488. The molecule has 158 valence electrons. The number of anilines is 1. The van der Waals surface area contributed by atoms with Crippen LogP contribution < -0.4 is 10.9 Å². The SMILES string of the molecule is O=C(Cc1c[nH][nH]c1=O)N1CC[C@]2(C(=O)Nc3ccccc32)[C@@H]1CCc1ccccc1. The van der Waals surface area contributed by atoms with Crippen LogP contribution in [0, 0.1) is 0 Å². The molecule has 2 atom stereocenters. The van der Waals surface area contributed by atoms with E-state index in [1.807, 2.05) is 47.4 Å². The molecule has 31 heavy (non-hydrogen) atoms. The maximum Gasteiger partial charge on any atom is 0.267 e. The van der Waals surface area contributed by atoms with Crippen molar-refractivity contribution < 1.29 is 9.59 Å². The van der Waals surface area contributed by atoms with Crippen LogP contribution in [0.2, 0.25) is 0 Å². The highest BCUT2D eigenvalue weighted by atomic mass is 16.2. The van der Waals surface area contributed by atoms with E-state index in [2.05, 4.69) is 27.6 Å². The first kappa shape index (κ1) is 19.4. The van der Waals surface area contributed by atoms with Crippen LogP contribution in [0.1, 0.15) is 29.5 Å². The van der Waals surface area contributed by atoms with Crippen LogP contribution in [0.3, 0.4) is 0 Å². The Kier molecular flexibility index (Phi) is 4.73. The summed E-state index contributed by atoms with van der Waals surface area (Å²) in [7, 11) is 0. The zero-order valence-electron chi connectivity index (χ0n) is 17.1. The van der Waals surface area contributed by atoms with E-state index in [4.69, 9.17) is 0 Å². The van der Waals surface area contributed by atoms with Gasteiger partial charge in [0.05, 0.1) is 17.9 Å². The average Bonchev–Trinajstić information content (AvgIpc) is 3.45. The molecule has 1 aromatic heterocycles. The summed E-state index contributed by atoms with van der Waals surface area (Å²) in [6.07, 6.45) is 3.55. The van der Waals surface area contributed by atoms with Gasteiger partial charge in [0.15, 0.2) is 0 Å². The fraction of sp³-hybridized carbons (Fsp3) is 0.292. The van der Waals surface area contributed by atoms with E-state index in [9.17, 15) is 14.4 Å². The number of rotatable bonds is 5. The van der Waals surface area contributed by atoms with Crippen molar-refractivity contribution in [1.82, 2.24) is 15.1 Å². The summed E-state index contributed by atoms with van der Waals surface area (Å²) >= 11 is 0. The van der Waals surface area contributed by atoms with Crippen molar-refractivity contribution in [3.63, 3.8) is 0 Å². The fourth-order valence-electron chi connectivity index (χ4n) is 5.18. The molecule has 2 aliphatic rings. The van der Waals surface area contributed by atoms with Crippen molar-refractivity contribution in [3.05, 3.63) is 87.8 Å². The molecule has 0 saturated carbocycles. The molecule has 0 aliphatic carbocycles. The van der Waals surface area contributed by atoms with Gasteiger partial charge in [-0.25, -0.2) is 0 Å². The molecule has 3 heterocycles. The van der Waals surface area contributed by atoms with Gasteiger partial charge in [-0.15, -0.1) is 0 Å². The lowest BCUT2D eigenvalue weighted by atomic mass is 9.73. The lowest BCUT2D eigenvalue weighted by Gasteiger charge is -2.34. The van der Waals surface area contributed by atoms with Gasteiger partial charge in [-0.3, -0.25) is 19.5 Å². The summed E-state index contributed by atoms with van der Waals surface area (Å²) < 4.78 is 0. The number of fused-ring (bicyclic) bond motifs is 2. The largest absolute Gasteiger partial charge is 0.338 e. The number of benzene rings is 2. The van der Waals surface area contributed by atoms with Gasteiger partial charge < -0.3 is 15.3 Å². The van der Waals surface area contributed by atoms with Crippen molar-refractivity contribution in [2.24, 2.45) is 0 Å². The Bertz CT molecular complexity index is 1180. The molecule has 3 aromatic rings. The Balaban J connectivity index is 1.49. The second-order valence-electron chi connectivity index (χ2n) is 8.29. The molecule has 0 unspecified atom stereocenters. The third kappa shape index (κ3) is 3.17. The second kappa shape index (κ2) is 7.58. The van der Waals surface area contributed by atoms with Crippen LogP contribution in [0.5, 0.6) is 0 Å². The maximum atomic E-state index is 13.3. The number of amides is 2. The van der Waals surface area contributed by atoms with Gasteiger partial charge in [-0.05, 0) is 36.5 Å². The maximum absolute atomic E-state index is 13.3. The molecule has 2 amide bonds. The van der Waals surface area contributed by atoms with Crippen molar-refractivity contribution in [1.29, 1.82) is 0 Å². The highest BCUT2D eigenvalue weighted by Crippen LogP contribution is 2.49. The zero-order chi connectivity index (χ0) is 21.4. The van der Waals surface area contributed by atoms with Gasteiger partial charge >= 0.3 is 0 Å². The first-order valence-corrected chi connectivity index (χ1v) is 10.6. The van der Waals surface area contributed by atoms with Gasteiger partial charge in [-0.1, -0.05) is 48.5 Å². The molecule has 0 radical (unpaired) electrons. The van der Waals surface area contributed by atoms with E-state index in [0.717, 1.165) is 17.7 Å². The summed E-state index contributed by atoms with van der Waals surface area (Å²) in [5.41, 5.74) is 2.33. The lowest BCUT2D eigenvalue weighted by Crippen LogP contribution is -2.49. The Hall–Kier alpha value is -3.61. The van der Waals surface area contributed by atoms with E-state index in [0.29, 0.717) is 24.9 Å². The quantitative estimate of drug-likeness (QED) is 0.596. The molecule has 7 nitrogen and oxygen atoms in total. The Morgan fingerprint density at radius 1 is 1.06 bits per heavy atom. The van der Waals surface area contributed by atoms with E-state index in [-0.39, 0.29) is 29.8 Å². The average molecular weight is 416 g/mol. The van der Waals surface area contributed by atoms with Crippen LogP contribution in [-0.4, -0.2) is 39.5 Å². The van der Waals surface area contributed by atoms with Crippen LogP contribution in [0.4, 0.5) is 5.69 Å². The van der Waals surface area contributed by atoms with Gasteiger partial charge in [-0.2, -0.15) is 0 Å². The zero-order valence-corrected chi connectivity index (χ0v) is 17.1. The lowest BCUT2D eigenvalue weighted by molar-refractivity contribution is -0.132. The highest BCUT2D eigenvalue weighted by molar-refractivity contribution is 6.07. The van der Waals surface area contributed by atoms with Gasteiger partial charge in [0, 0.05) is 24.0 Å². The third-order valence-corrected chi connectivity index (χ3v) is 6.69. The number of hydrogen-bond donors (Lipinski definition) is 3. The number of nitrogens with one attached hydrogen (secondary N) is 3. The molecule has 2 aliphatic heterocycles. The first-order chi connectivity index (χ1) is 15.1. The van der Waals surface area contributed by atoms with Crippen molar-refractivity contribution in [2.45, 2.75) is 37.1 Å². The molecular formula is C24H24N4O3. The number of aromatic nitrogens is 2. The number of para-hydroxylation sites is 1. The molecule has 1 spiro atoms. The van der Waals surface area contributed by atoms with Crippen LogP contribution in [0.25, 0.3) is 0 Å². The molecule has 2 aromatic carbocycles. The summed E-state index contributed by atoms with van der Waals surface area (Å²) in [5.74, 6) is -0.168. The number of H-pyrrole nitrogens is 2. The molecule has 1 saturated heterocycles. The van der Waals surface area contributed by atoms with Crippen molar-refractivity contribution in [2.75, 3.05) is 11.9 Å². The van der Waals surface area contributed by atoms with Crippen molar-refractivity contribution >= 4 is 17.5 Å². The Morgan fingerprint density at radius 3 is 2.61 bits per heavy atom. The fourth-order valence-corrected chi connectivity index (χ4v) is 5.18. The number of carbonyl (C=O) groups excluding carboxylic acids is 2. The minimum absolute atomic E-state index is 0.0139. The molecule has 1 fully saturated rings. The molecule has 7 heteroatoms. The topological polar surface area (TPSA) is 98.1 Å². The molecular weight excluding hydrogens is 392 g/mol. The van der Waals surface area contributed by atoms with E-state index < -0.39 is 5.41 Å². The predicted molar refractivity (Wildman–Crippen MR) is 117 cm³/mol. The summed E-state index contributed by atoms with van der Waals surface area (Å²) in [4.78, 5) is 40.3. The van der Waals surface area contributed by atoms with E-state index >= 15 is 0 Å². The summed E-state index contributed by atoms with van der Waals surface area (Å²) in [6, 6.07) is 17.6. The van der Waals surface area contributed by atoms with Crippen LogP contribution in [0.15, 0.2) is 65.6 Å². The highest BCUT2D eigenvalue weighted by Gasteiger charge is 2.58. The van der Waals surface area contributed by atoms with E-state index in [1.165, 1.54) is 11.8 Å². The van der Waals surface area contributed by atoms with Crippen LogP contribution in [-0.2, 0) is 27.8 Å². The predicted octanol–water partition coefficient (Wildman–Crippen LogP) is 2.37. The second-order valence-corrected chi connectivity index (χ2v) is 8.29. The number of aryl methyl sites for hydroxylation is 1. The number of likely N-dealkylation sites (tertiary alicyclic amines) is 1. The minimum Gasteiger partial charge on any atom is -0.338 e. The summed E-state index contributed by atoms with van der Waals surface area (Å²) in [5, 5.41) is 8.16. The molecule has 5 rings (SSSR count). The standard InChI is InChI=1S/C24H24N4O3/c29-21(14-17-15-25-27-22(17)30)28-13-12-24(18-8-4-5-9-19(18)26-23(24)31)20(28)11-10-16-6-2-1-3-7-16/h1-9,15,20H,10-14H2,(H,26,31)(H2,25,27,30)/t20-,24+/m0/s1. The smallest absolute Gasteiger partial charge is 0.267 e. The van der Waals surface area contributed by atoms with Gasteiger partial charge in [0.2, 0.25) is 11.8 Å². The van der Waals surface area contributed by atoms with Crippen molar-refractivity contribution in [3.8, 4) is 0 Å². The Labute approximate surface area is 179 Å². The monoisotopic (exact) mass is 416 g/mol. The first-order valence-electron chi connectivity index (χ1n) is 10.6. The normalized spacial score (nSPS) is 22.0. The van der Waals surface area contributed by atoms with Gasteiger partial charge in [0.25, 0.3) is 5.56 Å².